The van der Waals surface area contributed by atoms with Crippen LogP contribution in [0.25, 0.3) is 0 Å². The van der Waals surface area contributed by atoms with Crippen molar-refractivity contribution >= 4 is 27.9 Å². The van der Waals surface area contributed by atoms with E-state index in [1.54, 1.807) is 0 Å². The van der Waals surface area contributed by atoms with Crippen molar-refractivity contribution in [1.29, 1.82) is 0 Å². The SMILES string of the molecule is C[CH2][Ti]([Cl])([Cl])[Cl]. The quantitative estimate of drug-likeness (QED) is 0.548. The van der Waals surface area contributed by atoms with Crippen LogP contribution in [0.4, 0.5) is 0 Å². The van der Waals surface area contributed by atoms with Crippen molar-refractivity contribution in [1.82, 2.24) is 0 Å². The monoisotopic (exact) mass is 182 g/mol. The van der Waals surface area contributed by atoms with E-state index in [0.29, 0.717) is 0 Å². The third-order valence-electron chi connectivity index (χ3n) is 0.401. The van der Waals surface area contributed by atoms with Crippen LogP contribution in [0.2, 0.25) is 4.73 Å². The molecule has 0 saturated carbocycles. The summed E-state index contributed by atoms with van der Waals surface area (Å²) in [6, 6.07) is 0. The summed E-state index contributed by atoms with van der Waals surface area (Å²) in [5.41, 5.74) is 0. The van der Waals surface area contributed by atoms with E-state index in [0.717, 1.165) is 4.73 Å². The van der Waals surface area contributed by atoms with E-state index in [9.17, 15) is 0 Å². The molecule has 0 aliphatic rings. The van der Waals surface area contributed by atoms with E-state index < -0.39 is 13.4 Å². The first kappa shape index (κ1) is 7.58. The van der Waals surface area contributed by atoms with Gasteiger partial charge in [0.05, 0.1) is 0 Å². The number of hydrogen-bond acceptors (Lipinski definition) is 0. The van der Waals surface area contributed by atoms with Gasteiger partial charge in [-0.3, -0.25) is 0 Å². The summed E-state index contributed by atoms with van der Waals surface area (Å²) >= 11 is -2.62. The van der Waals surface area contributed by atoms with Crippen molar-refractivity contribution in [3.63, 3.8) is 0 Å². The molecular formula is C2H5Cl3Ti. The summed E-state index contributed by atoms with van der Waals surface area (Å²) in [6.07, 6.45) is 0. The Morgan fingerprint density at radius 2 is 1.50 bits per heavy atom. The van der Waals surface area contributed by atoms with E-state index in [1.807, 2.05) is 6.92 Å². The molecule has 0 rings (SSSR count). The Labute approximate surface area is 52.8 Å². The van der Waals surface area contributed by atoms with Crippen LogP contribution in [-0.2, 0) is 13.4 Å². The number of halogens is 3. The third kappa shape index (κ3) is 5.58. The van der Waals surface area contributed by atoms with Gasteiger partial charge in [-0.05, 0) is 0 Å². The first-order valence-corrected chi connectivity index (χ1v) is 9.18. The van der Waals surface area contributed by atoms with Crippen LogP contribution < -0.4 is 0 Å². The second kappa shape index (κ2) is 2.79. The Morgan fingerprint density at radius 3 is 1.50 bits per heavy atom. The maximum absolute atomic E-state index is 5.44. The van der Waals surface area contributed by atoms with Gasteiger partial charge >= 0.3 is 53.0 Å². The van der Waals surface area contributed by atoms with Gasteiger partial charge in [0.25, 0.3) is 0 Å². The third-order valence-corrected chi connectivity index (χ3v) is 4.96. The van der Waals surface area contributed by atoms with Crippen molar-refractivity contribution in [3.8, 4) is 0 Å². The molecule has 0 spiro atoms. The van der Waals surface area contributed by atoms with Crippen LogP contribution >= 0.6 is 27.9 Å². The molecule has 0 aliphatic carbocycles. The van der Waals surface area contributed by atoms with E-state index in [1.165, 1.54) is 0 Å². The van der Waals surface area contributed by atoms with Gasteiger partial charge in [0.2, 0.25) is 0 Å². The zero-order valence-electron chi connectivity index (χ0n) is 3.34. The average Bonchev–Trinajstić information content (AvgIpc) is 1.35. The Kier molecular flexibility index (Phi) is 3.52. The molecule has 0 unspecified atom stereocenters. The fourth-order valence-corrected chi connectivity index (χ4v) is 0. The normalized spacial score (nSPS) is 12.0. The van der Waals surface area contributed by atoms with Gasteiger partial charge in [-0.1, -0.05) is 0 Å². The Hall–Kier alpha value is 1.58. The zero-order valence-corrected chi connectivity index (χ0v) is 7.17. The van der Waals surface area contributed by atoms with Crippen LogP contribution in [-0.4, -0.2) is 0 Å². The van der Waals surface area contributed by atoms with Crippen LogP contribution in [0.15, 0.2) is 0 Å². The average molecular weight is 183 g/mol. The molecule has 38 valence electrons. The van der Waals surface area contributed by atoms with Gasteiger partial charge in [-0.15, -0.1) is 0 Å². The topological polar surface area (TPSA) is 0 Å². The molecule has 4 heteroatoms. The van der Waals surface area contributed by atoms with Crippen LogP contribution in [0, 0.1) is 0 Å². The summed E-state index contributed by atoms with van der Waals surface area (Å²) < 4.78 is 0.755. The molecule has 0 aromatic heterocycles. The number of rotatable bonds is 1. The maximum atomic E-state index is 5.44. The van der Waals surface area contributed by atoms with Crippen molar-refractivity contribution in [2.24, 2.45) is 0 Å². The second-order valence-electron chi connectivity index (χ2n) is 0.969. The molecule has 0 atom stereocenters. The molecule has 6 heavy (non-hydrogen) atoms. The van der Waals surface area contributed by atoms with E-state index in [-0.39, 0.29) is 0 Å². The first-order chi connectivity index (χ1) is 2.56. The number of hydrogen-bond donors (Lipinski definition) is 0. The molecule has 0 nitrogen and oxygen atoms in total. The molecule has 0 bridgehead atoms. The molecule has 0 N–H and O–H groups in total. The molecule has 0 amide bonds. The van der Waals surface area contributed by atoms with Gasteiger partial charge in [0.15, 0.2) is 0 Å². The van der Waals surface area contributed by atoms with Gasteiger partial charge in [-0.2, -0.15) is 0 Å². The van der Waals surface area contributed by atoms with Crippen LogP contribution in [0.5, 0.6) is 0 Å². The fraction of sp³-hybridized carbons (Fsp3) is 1.00. The van der Waals surface area contributed by atoms with Gasteiger partial charge in [-0.25, -0.2) is 0 Å². The Morgan fingerprint density at radius 1 is 1.33 bits per heavy atom. The summed E-state index contributed by atoms with van der Waals surface area (Å²) in [6.45, 7) is 1.90. The van der Waals surface area contributed by atoms with Crippen molar-refractivity contribution < 1.29 is 13.4 Å². The van der Waals surface area contributed by atoms with Crippen LogP contribution in [0.1, 0.15) is 6.92 Å². The van der Waals surface area contributed by atoms with Gasteiger partial charge in [0.1, 0.15) is 0 Å². The minimum absolute atomic E-state index is 0.755. The summed E-state index contributed by atoms with van der Waals surface area (Å²) in [7, 11) is 16.3. The first-order valence-electron chi connectivity index (χ1n) is 1.63. The Bertz CT molecular complexity index is 38.5. The predicted molar refractivity (Wildman–Crippen MR) is 28.0 cm³/mol. The standard InChI is InChI=1S/C2H5.3ClH.Ti/c1-2;;;;/h1H2,2H3;3*1H;/q;;;;+3/p-3. The van der Waals surface area contributed by atoms with E-state index in [2.05, 4.69) is 0 Å². The van der Waals surface area contributed by atoms with Crippen molar-refractivity contribution in [2.75, 3.05) is 0 Å². The zero-order chi connectivity index (χ0) is 5.21. The molecule has 0 aromatic carbocycles. The van der Waals surface area contributed by atoms with Gasteiger partial charge < -0.3 is 0 Å². The molecule has 0 aromatic rings. The minimum atomic E-state index is -2.62. The van der Waals surface area contributed by atoms with Gasteiger partial charge in [0, 0.05) is 0 Å². The summed E-state index contributed by atoms with van der Waals surface area (Å²) in [5.74, 6) is 0. The van der Waals surface area contributed by atoms with E-state index in [4.69, 9.17) is 27.9 Å². The predicted octanol–water partition coefficient (Wildman–Crippen LogP) is 3.04. The summed E-state index contributed by atoms with van der Waals surface area (Å²) in [4.78, 5) is 0. The fourth-order valence-electron chi connectivity index (χ4n) is 0. The summed E-state index contributed by atoms with van der Waals surface area (Å²) in [5, 5.41) is 0. The Balaban J connectivity index is 3.17. The molecular weight excluding hydrogens is 178 g/mol. The second-order valence-corrected chi connectivity index (χ2v) is 14.4. The van der Waals surface area contributed by atoms with Crippen molar-refractivity contribution in [2.45, 2.75) is 11.6 Å². The van der Waals surface area contributed by atoms with Crippen molar-refractivity contribution in [3.05, 3.63) is 0 Å². The molecule has 0 heterocycles. The molecule has 0 aliphatic heterocycles. The molecule has 0 radical (unpaired) electrons. The van der Waals surface area contributed by atoms with Crippen LogP contribution in [0.3, 0.4) is 0 Å². The van der Waals surface area contributed by atoms with E-state index >= 15 is 0 Å². The molecule has 0 saturated heterocycles. The molecule has 0 fully saturated rings.